The van der Waals surface area contributed by atoms with Crippen molar-refractivity contribution in [1.29, 1.82) is 0 Å². The van der Waals surface area contributed by atoms with Crippen molar-refractivity contribution in [2.45, 2.75) is 29.8 Å². The molecule has 0 aliphatic heterocycles. The van der Waals surface area contributed by atoms with E-state index in [1.54, 1.807) is 0 Å². The molecular weight excluding hydrogens is 455 g/mol. The Bertz CT molecular complexity index is 609. The summed E-state index contributed by atoms with van der Waals surface area (Å²) in [5, 5.41) is 12.0. The normalized spacial score (nSPS) is 28.0. The van der Waals surface area contributed by atoms with E-state index in [0.717, 1.165) is 12.1 Å². The number of hydrogen-bond acceptors (Lipinski definition) is 4. The number of aliphatic hydroxyl groups excluding tert-OH is 1. The third-order valence-electron chi connectivity index (χ3n) is 4.09. The largest absolute Gasteiger partial charge is 0.397 e. The molecule has 1 aliphatic rings. The molecule has 0 amide bonds. The minimum atomic E-state index is -1.55. The summed E-state index contributed by atoms with van der Waals surface area (Å²) in [5.41, 5.74) is 5.81. The standard InChI is InChI=1S/C15H18Br2F3N3O/c16-5-8-1-9(24)4-13(14(8)17)23(22)6-12(21)7-2-10(18)15(20)11(19)3-7/h2-3,6,8-9,13-14,24H,1,4-5,21-22H2/b12-6-. The smallest absolute Gasteiger partial charge is 0.194 e. The predicted molar refractivity (Wildman–Crippen MR) is 93.5 cm³/mol. The van der Waals surface area contributed by atoms with Gasteiger partial charge in [-0.1, -0.05) is 31.9 Å². The topological polar surface area (TPSA) is 75.5 Å². The Balaban J connectivity index is 2.23. The van der Waals surface area contributed by atoms with Crippen molar-refractivity contribution in [3.63, 3.8) is 0 Å². The fourth-order valence-electron chi connectivity index (χ4n) is 2.79. The molecule has 0 spiro atoms. The summed E-state index contributed by atoms with van der Waals surface area (Å²) in [7, 11) is 0. The first kappa shape index (κ1) is 19.6. The van der Waals surface area contributed by atoms with Gasteiger partial charge < -0.3 is 15.8 Å². The highest BCUT2D eigenvalue weighted by Gasteiger charge is 2.37. The van der Waals surface area contributed by atoms with Crippen LogP contribution >= 0.6 is 31.9 Å². The number of nitrogens with two attached hydrogens (primary N) is 2. The zero-order valence-corrected chi connectivity index (χ0v) is 15.8. The van der Waals surface area contributed by atoms with E-state index >= 15 is 0 Å². The van der Waals surface area contributed by atoms with Gasteiger partial charge in [0.25, 0.3) is 0 Å². The first-order valence-corrected chi connectivity index (χ1v) is 9.31. The van der Waals surface area contributed by atoms with Crippen molar-refractivity contribution in [3.8, 4) is 0 Å². The number of aliphatic hydroxyl groups is 1. The van der Waals surface area contributed by atoms with E-state index in [2.05, 4.69) is 31.9 Å². The van der Waals surface area contributed by atoms with E-state index in [-0.39, 0.29) is 28.0 Å². The molecule has 4 nitrogen and oxygen atoms in total. The highest BCUT2D eigenvalue weighted by Crippen LogP contribution is 2.34. The second kappa shape index (κ2) is 8.07. The molecule has 0 heterocycles. The van der Waals surface area contributed by atoms with Gasteiger partial charge in [-0.2, -0.15) is 0 Å². The summed E-state index contributed by atoms with van der Waals surface area (Å²) in [5.74, 6) is 1.99. The molecule has 0 bridgehead atoms. The van der Waals surface area contributed by atoms with Crippen LogP contribution in [0.2, 0.25) is 0 Å². The lowest BCUT2D eigenvalue weighted by molar-refractivity contribution is 0.0637. The van der Waals surface area contributed by atoms with Crippen molar-refractivity contribution in [3.05, 3.63) is 41.3 Å². The molecule has 0 saturated heterocycles. The summed E-state index contributed by atoms with van der Waals surface area (Å²) in [4.78, 5) is -0.00369. The summed E-state index contributed by atoms with van der Waals surface area (Å²) in [6, 6.07) is 1.35. The van der Waals surface area contributed by atoms with Crippen molar-refractivity contribution >= 4 is 37.6 Å². The maximum absolute atomic E-state index is 13.3. The minimum absolute atomic E-state index is 0.00369. The van der Waals surface area contributed by atoms with Gasteiger partial charge in [-0.05, 0) is 30.9 Å². The second-order valence-corrected chi connectivity index (χ2v) is 7.54. The molecule has 1 fully saturated rings. The number of benzene rings is 1. The highest BCUT2D eigenvalue weighted by atomic mass is 79.9. The van der Waals surface area contributed by atoms with E-state index in [1.807, 2.05) is 0 Å². The van der Waals surface area contributed by atoms with E-state index in [9.17, 15) is 18.3 Å². The molecule has 1 aliphatic carbocycles. The maximum atomic E-state index is 13.3. The lowest BCUT2D eigenvalue weighted by Gasteiger charge is -2.40. The van der Waals surface area contributed by atoms with Gasteiger partial charge in [0, 0.05) is 21.9 Å². The Hall–Kier alpha value is -0.770. The van der Waals surface area contributed by atoms with Crippen LogP contribution in [0.5, 0.6) is 0 Å². The van der Waals surface area contributed by atoms with E-state index < -0.39 is 23.6 Å². The van der Waals surface area contributed by atoms with Crippen LogP contribution in [-0.4, -0.2) is 32.4 Å². The van der Waals surface area contributed by atoms with Crippen LogP contribution in [-0.2, 0) is 0 Å². The molecule has 5 N–H and O–H groups in total. The molecule has 1 aromatic carbocycles. The van der Waals surface area contributed by atoms with Crippen LogP contribution in [0.1, 0.15) is 18.4 Å². The van der Waals surface area contributed by atoms with Crippen LogP contribution in [0.4, 0.5) is 13.2 Å². The molecule has 0 aromatic heterocycles. The quantitative estimate of drug-likeness (QED) is 0.272. The molecule has 1 saturated carbocycles. The zero-order valence-electron chi connectivity index (χ0n) is 12.6. The first-order valence-electron chi connectivity index (χ1n) is 7.28. The molecule has 4 atom stereocenters. The number of rotatable bonds is 4. The molecule has 134 valence electrons. The van der Waals surface area contributed by atoms with E-state index in [1.165, 1.54) is 11.2 Å². The number of halogens is 5. The molecule has 4 unspecified atom stereocenters. The molecule has 0 radical (unpaired) electrons. The Kier molecular flexibility index (Phi) is 6.58. The Labute approximate surface area is 154 Å². The average Bonchev–Trinajstić information content (AvgIpc) is 2.53. The second-order valence-electron chi connectivity index (χ2n) is 5.84. The minimum Gasteiger partial charge on any atom is -0.397 e. The summed E-state index contributed by atoms with van der Waals surface area (Å²) < 4.78 is 39.6. The fourth-order valence-corrected chi connectivity index (χ4v) is 4.85. The van der Waals surface area contributed by atoms with Gasteiger partial charge in [-0.25, -0.2) is 19.0 Å². The molecule has 2 rings (SSSR count). The van der Waals surface area contributed by atoms with Crippen LogP contribution in [0.15, 0.2) is 18.3 Å². The monoisotopic (exact) mass is 471 g/mol. The summed E-state index contributed by atoms with van der Waals surface area (Å²) >= 11 is 6.99. The Morgan fingerprint density at radius 1 is 1.29 bits per heavy atom. The van der Waals surface area contributed by atoms with Gasteiger partial charge >= 0.3 is 0 Å². The Morgan fingerprint density at radius 3 is 2.42 bits per heavy atom. The summed E-state index contributed by atoms with van der Waals surface area (Å²) in [6.07, 6.45) is 1.88. The number of nitrogens with zero attached hydrogens (tertiary/aromatic N) is 1. The van der Waals surface area contributed by atoms with Crippen molar-refractivity contribution in [1.82, 2.24) is 5.01 Å². The average molecular weight is 473 g/mol. The van der Waals surface area contributed by atoms with Gasteiger partial charge in [-0.3, -0.25) is 0 Å². The number of hydrogen-bond donors (Lipinski definition) is 3. The maximum Gasteiger partial charge on any atom is 0.194 e. The number of hydrazine groups is 1. The van der Waals surface area contributed by atoms with Crippen molar-refractivity contribution in [2.75, 3.05) is 5.33 Å². The lowest BCUT2D eigenvalue weighted by Crippen LogP contribution is -2.51. The van der Waals surface area contributed by atoms with E-state index in [0.29, 0.717) is 18.2 Å². The molecule has 24 heavy (non-hydrogen) atoms. The first-order chi connectivity index (χ1) is 11.2. The third kappa shape index (κ3) is 4.25. The predicted octanol–water partition coefficient (Wildman–Crippen LogP) is 2.83. The fraction of sp³-hybridized carbons (Fsp3) is 0.467. The van der Waals surface area contributed by atoms with Crippen molar-refractivity contribution < 1.29 is 18.3 Å². The lowest BCUT2D eigenvalue weighted by atomic mass is 9.84. The van der Waals surface area contributed by atoms with Gasteiger partial charge in [0.15, 0.2) is 17.5 Å². The molecule has 9 heteroatoms. The van der Waals surface area contributed by atoms with Gasteiger partial charge in [0.05, 0.1) is 17.8 Å². The van der Waals surface area contributed by atoms with Crippen LogP contribution in [0.25, 0.3) is 5.70 Å². The Morgan fingerprint density at radius 2 is 1.88 bits per heavy atom. The SMILES string of the molecule is N/C(=C\N(N)C1CC(O)CC(CBr)C1Br)c1cc(F)c(F)c(F)c1. The van der Waals surface area contributed by atoms with Crippen LogP contribution < -0.4 is 11.6 Å². The molecule has 1 aromatic rings. The third-order valence-corrected chi connectivity index (χ3v) is 6.28. The van der Waals surface area contributed by atoms with Crippen LogP contribution in [0.3, 0.4) is 0 Å². The highest BCUT2D eigenvalue weighted by molar-refractivity contribution is 9.10. The van der Waals surface area contributed by atoms with Gasteiger partial charge in [0.1, 0.15) is 0 Å². The zero-order chi connectivity index (χ0) is 18.0. The van der Waals surface area contributed by atoms with Gasteiger partial charge in [-0.15, -0.1) is 0 Å². The van der Waals surface area contributed by atoms with Gasteiger partial charge in [0.2, 0.25) is 0 Å². The summed E-state index contributed by atoms with van der Waals surface area (Å²) in [6.45, 7) is 0. The van der Waals surface area contributed by atoms with Crippen molar-refractivity contribution in [2.24, 2.45) is 17.5 Å². The van der Waals surface area contributed by atoms with E-state index in [4.69, 9.17) is 11.6 Å². The van der Waals surface area contributed by atoms with Crippen LogP contribution in [0, 0.1) is 23.4 Å². The molecular formula is C15H18Br2F3N3O. The number of alkyl halides is 2.